The van der Waals surface area contributed by atoms with Crippen LogP contribution in [0.5, 0.6) is 0 Å². The standard InChI is InChI=1S/C15H20IN/c16-13-6-8-14(9-7-13)17-15-3-1-2-12(10-15)11-4-5-11/h6-9,11-12,15,17H,1-5,10H2. The quantitative estimate of drug-likeness (QED) is 0.788. The molecule has 0 amide bonds. The first-order valence-corrected chi connectivity index (χ1v) is 7.91. The number of hydrogen-bond donors (Lipinski definition) is 1. The highest BCUT2D eigenvalue weighted by Gasteiger charge is 2.34. The Morgan fingerprint density at radius 2 is 1.71 bits per heavy atom. The lowest BCUT2D eigenvalue weighted by Gasteiger charge is -2.30. The van der Waals surface area contributed by atoms with Gasteiger partial charge in [-0.15, -0.1) is 0 Å². The third kappa shape index (κ3) is 3.15. The van der Waals surface area contributed by atoms with Crippen LogP contribution >= 0.6 is 22.6 Å². The monoisotopic (exact) mass is 341 g/mol. The van der Waals surface area contributed by atoms with Crippen molar-refractivity contribution in [2.75, 3.05) is 5.32 Å². The van der Waals surface area contributed by atoms with E-state index in [2.05, 4.69) is 52.2 Å². The Bertz CT molecular complexity index is 369. The molecule has 1 N–H and O–H groups in total. The molecule has 0 spiro atoms. The van der Waals surface area contributed by atoms with Crippen molar-refractivity contribution in [3.63, 3.8) is 0 Å². The van der Waals surface area contributed by atoms with Gasteiger partial charge in [-0.3, -0.25) is 0 Å². The van der Waals surface area contributed by atoms with Crippen LogP contribution in [0, 0.1) is 15.4 Å². The molecule has 2 heteroatoms. The fourth-order valence-electron chi connectivity index (χ4n) is 3.14. The van der Waals surface area contributed by atoms with E-state index in [-0.39, 0.29) is 0 Å². The number of halogens is 1. The lowest BCUT2D eigenvalue weighted by molar-refractivity contribution is 0.303. The van der Waals surface area contributed by atoms with Crippen molar-refractivity contribution in [2.24, 2.45) is 11.8 Å². The second-order valence-corrected chi connectivity index (χ2v) is 6.86. The van der Waals surface area contributed by atoms with Crippen LogP contribution in [0.2, 0.25) is 0 Å². The van der Waals surface area contributed by atoms with Crippen LogP contribution in [0.15, 0.2) is 24.3 Å². The van der Waals surface area contributed by atoms with Gasteiger partial charge >= 0.3 is 0 Å². The molecule has 17 heavy (non-hydrogen) atoms. The van der Waals surface area contributed by atoms with Crippen molar-refractivity contribution in [1.82, 2.24) is 0 Å². The molecule has 2 aliphatic carbocycles. The Kier molecular flexibility index (Phi) is 3.59. The third-order valence-corrected chi connectivity index (χ3v) is 4.94. The summed E-state index contributed by atoms with van der Waals surface area (Å²) in [5.74, 6) is 2.10. The van der Waals surface area contributed by atoms with Crippen LogP contribution in [0.4, 0.5) is 5.69 Å². The molecular formula is C15H20IN. The SMILES string of the molecule is Ic1ccc(NC2CCCC(C3CC3)C2)cc1. The lowest BCUT2D eigenvalue weighted by Crippen LogP contribution is -2.28. The van der Waals surface area contributed by atoms with Crippen molar-refractivity contribution in [2.45, 2.75) is 44.6 Å². The predicted octanol–water partition coefficient (Wildman–Crippen LogP) is 4.67. The number of benzene rings is 1. The summed E-state index contributed by atoms with van der Waals surface area (Å²) in [5.41, 5.74) is 1.30. The Labute approximate surface area is 118 Å². The highest BCUT2D eigenvalue weighted by Crippen LogP contribution is 2.44. The summed E-state index contributed by atoms with van der Waals surface area (Å²) in [6, 6.07) is 9.51. The molecule has 0 radical (unpaired) electrons. The van der Waals surface area contributed by atoms with Gasteiger partial charge in [0.15, 0.2) is 0 Å². The van der Waals surface area contributed by atoms with Crippen LogP contribution < -0.4 is 5.32 Å². The van der Waals surface area contributed by atoms with Crippen LogP contribution in [0.1, 0.15) is 38.5 Å². The summed E-state index contributed by atoms with van der Waals surface area (Å²) in [7, 11) is 0. The first kappa shape index (κ1) is 11.8. The molecule has 0 aliphatic heterocycles. The maximum atomic E-state index is 3.72. The Morgan fingerprint density at radius 3 is 2.41 bits per heavy atom. The molecule has 1 aromatic rings. The smallest absolute Gasteiger partial charge is 0.0343 e. The zero-order chi connectivity index (χ0) is 11.7. The van der Waals surface area contributed by atoms with Gasteiger partial charge in [-0.05, 0) is 84.4 Å². The van der Waals surface area contributed by atoms with Crippen molar-refractivity contribution in [1.29, 1.82) is 0 Å². The molecule has 2 saturated carbocycles. The molecule has 1 aromatic carbocycles. The largest absolute Gasteiger partial charge is 0.382 e. The third-order valence-electron chi connectivity index (χ3n) is 4.22. The van der Waals surface area contributed by atoms with E-state index in [4.69, 9.17) is 0 Å². The summed E-state index contributed by atoms with van der Waals surface area (Å²) in [6.07, 6.45) is 8.66. The summed E-state index contributed by atoms with van der Waals surface area (Å²) < 4.78 is 1.31. The number of rotatable bonds is 3. The Hall–Kier alpha value is -0.250. The van der Waals surface area contributed by atoms with Gasteiger partial charge < -0.3 is 5.32 Å². The van der Waals surface area contributed by atoms with Crippen molar-refractivity contribution in [3.05, 3.63) is 27.8 Å². The van der Waals surface area contributed by atoms with Crippen molar-refractivity contribution >= 4 is 28.3 Å². The molecule has 0 saturated heterocycles. The fourth-order valence-corrected chi connectivity index (χ4v) is 3.50. The normalized spacial score (nSPS) is 29.0. The summed E-state index contributed by atoms with van der Waals surface area (Å²) in [5, 5.41) is 3.72. The van der Waals surface area contributed by atoms with Gasteiger partial charge in [0.25, 0.3) is 0 Å². The van der Waals surface area contributed by atoms with Gasteiger partial charge in [0.05, 0.1) is 0 Å². The average molecular weight is 341 g/mol. The van der Waals surface area contributed by atoms with Gasteiger partial charge in [0, 0.05) is 15.3 Å². The molecule has 2 fully saturated rings. The molecule has 0 heterocycles. The molecule has 0 aromatic heterocycles. The maximum absolute atomic E-state index is 3.72. The highest BCUT2D eigenvalue weighted by atomic mass is 127. The highest BCUT2D eigenvalue weighted by molar-refractivity contribution is 14.1. The molecular weight excluding hydrogens is 321 g/mol. The van der Waals surface area contributed by atoms with E-state index >= 15 is 0 Å². The van der Waals surface area contributed by atoms with Crippen molar-refractivity contribution in [3.8, 4) is 0 Å². The predicted molar refractivity (Wildman–Crippen MR) is 81.3 cm³/mol. The molecule has 1 nitrogen and oxygen atoms in total. The number of hydrogen-bond acceptors (Lipinski definition) is 1. The second-order valence-electron chi connectivity index (χ2n) is 5.61. The second kappa shape index (κ2) is 5.17. The topological polar surface area (TPSA) is 12.0 Å². The molecule has 2 aliphatic rings. The van der Waals surface area contributed by atoms with Gasteiger partial charge in [0.1, 0.15) is 0 Å². The van der Waals surface area contributed by atoms with E-state index in [0.29, 0.717) is 0 Å². The fraction of sp³-hybridized carbons (Fsp3) is 0.600. The maximum Gasteiger partial charge on any atom is 0.0343 e. The lowest BCUT2D eigenvalue weighted by atomic mass is 9.82. The molecule has 2 unspecified atom stereocenters. The minimum absolute atomic E-state index is 0.717. The molecule has 92 valence electrons. The Morgan fingerprint density at radius 1 is 0.941 bits per heavy atom. The van der Waals surface area contributed by atoms with E-state index in [0.717, 1.165) is 17.9 Å². The summed E-state index contributed by atoms with van der Waals surface area (Å²) in [6.45, 7) is 0. The summed E-state index contributed by atoms with van der Waals surface area (Å²) >= 11 is 2.36. The number of anilines is 1. The molecule has 0 bridgehead atoms. The minimum atomic E-state index is 0.717. The van der Waals surface area contributed by atoms with E-state index in [1.54, 1.807) is 0 Å². The van der Waals surface area contributed by atoms with E-state index < -0.39 is 0 Å². The average Bonchev–Trinajstić information content (AvgIpc) is 3.17. The van der Waals surface area contributed by atoms with Crippen LogP contribution in [-0.2, 0) is 0 Å². The van der Waals surface area contributed by atoms with E-state index in [9.17, 15) is 0 Å². The van der Waals surface area contributed by atoms with Gasteiger partial charge in [-0.2, -0.15) is 0 Å². The zero-order valence-electron chi connectivity index (χ0n) is 10.2. The zero-order valence-corrected chi connectivity index (χ0v) is 12.3. The van der Waals surface area contributed by atoms with Crippen LogP contribution in [-0.4, -0.2) is 6.04 Å². The van der Waals surface area contributed by atoms with Gasteiger partial charge in [0.2, 0.25) is 0 Å². The van der Waals surface area contributed by atoms with Crippen LogP contribution in [0.25, 0.3) is 0 Å². The molecule has 3 rings (SSSR count). The minimum Gasteiger partial charge on any atom is -0.382 e. The number of nitrogens with one attached hydrogen (secondary N) is 1. The van der Waals surface area contributed by atoms with E-state index in [1.165, 1.54) is 47.8 Å². The first-order chi connectivity index (χ1) is 8.31. The van der Waals surface area contributed by atoms with Crippen molar-refractivity contribution < 1.29 is 0 Å². The summed E-state index contributed by atoms with van der Waals surface area (Å²) in [4.78, 5) is 0. The van der Waals surface area contributed by atoms with E-state index in [1.807, 2.05) is 0 Å². The van der Waals surface area contributed by atoms with Gasteiger partial charge in [-0.1, -0.05) is 12.8 Å². The molecule has 2 atom stereocenters. The van der Waals surface area contributed by atoms with Crippen LogP contribution in [0.3, 0.4) is 0 Å². The Balaban J connectivity index is 1.58. The first-order valence-electron chi connectivity index (χ1n) is 6.83. The van der Waals surface area contributed by atoms with Gasteiger partial charge in [-0.25, -0.2) is 0 Å².